The molecule has 2 aliphatic heterocycles. The minimum absolute atomic E-state index is 0.0489. The van der Waals surface area contributed by atoms with E-state index in [4.69, 9.17) is 4.74 Å². The van der Waals surface area contributed by atoms with Gasteiger partial charge >= 0.3 is 5.97 Å². The van der Waals surface area contributed by atoms with Gasteiger partial charge in [0, 0.05) is 12.1 Å². The molecule has 7 heteroatoms. The molecule has 122 valence electrons. The van der Waals surface area contributed by atoms with Crippen molar-refractivity contribution >= 4 is 15.8 Å². The highest BCUT2D eigenvalue weighted by Crippen LogP contribution is 2.41. The first-order valence-corrected chi connectivity index (χ1v) is 9.12. The number of carboxylic acids is 1. The standard InChI is InChI=1S/C14H25NO5S/c1-13(2)7-11(14(3,4)20-13)15(8-12(16)17)10-5-6-21(18,19)9-10/h10-11H,5-9H2,1-4H3,(H,16,17). The summed E-state index contributed by atoms with van der Waals surface area (Å²) in [5, 5.41) is 9.20. The van der Waals surface area contributed by atoms with Crippen LogP contribution in [-0.2, 0) is 19.4 Å². The molecule has 2 saturated heterocycles. The van der Waals surface area contributed by atoms with Gasteiger partial charge in [-0.15, -0.1) is 0 Å². The molecule has 6 nitrogen and oxygen atoms in total. The highest BCUT2D eigenvalue weighted by Gasteiger charge is 2.51. The first kappa shape index (κ1) is 16.7. The van der Waals surface area contributed by atoms with Gasteiger partial charge in [0.1, 0.15) is 0 Å². The van der Waals surface area contributed by atoms with E-state index in [1.54, 1.807) is 0 Å². The van der Waals surface area contributed by atoms with Crippen molar-refractivity contribution in [2.24, 2.45) is 0 Å². The van der Waals surface area contributed by atoms with E-state index >= 15 is 0 Å². The maximum absolute atomic E-state index is 11.7. The van der Waals surface area contributed by atoms with Crippen LogP contribution in [0.15, 0.2) is 0 Å². The zero-order valence-electron chi connectivity index (χ0n) is 13.1. The Morgan fingerprint density at radius 3 is 2.33 bits per heavy atom. The van der Waals surface area contributed by atoms with Gasteiger partial charge in [0.05, 0.1) is 29.3 Å². The van der Waals surface area contributed by atoms with E-state index in [-0.39, 0.29) is 35.7 Å². The number of carbonyl (C=O) groups is 1. The van der Waals surface area contributed by atoms with Crippen molar-refractivity contribution in [2.75, 3.05) is 18.1 Å². The first-order chi connectivity index (χ1) is 9.42. The van der Waals surface area contributed by atoms with Crippen molar-refractivity contribution in [1.82, 2.24) is 4.90 Å². The molecule has 0 bridgehead atoms. The van der Waals surface area contributed by atoms with Gasteiger partial charge < -0.3 is 9.84 Å². The van der Waals surface area contributed by atoms with Crippen LogP contribution < -0.4 is 0 Å². The van der Waals surface area contributed by atoms with E-state index in [2.05, 4.69) is 0 Å². The molecule has 0 amide bonds. The van der Waals surface area contributed by atoms with Gasteiger partial charge in [-0.1, -0.05) is 0 Å². The van der Waals surface area contributed by atoms with Crippen LogP contribution in [0.25, 0.3) is 0 Å². The van der Waals surface area contributed by atoms with Crippen molar-refractivity contribution < 1.29 is 23.1 Å². The maximum Gasteiger partial charge on any atom is 0.317 e. The van der Waals surface area contributed by atoms with E-state index in [0.29, 0.717) is 12.8 Å². The molecular formula is C14H25NO5S. The summed E-state index contributed by atoms with van der Waals surface area (Å²) in [5.74, 6) is -0.738. The lowest BCUT2D eigenvalue weighted by atomic mass is 9.91. The van der Waals surface area contributed by atoms with Crippen molar-refractivity contribution in [2.45, 2.75) is 63.8 Å². The summed E-state index contributed by atoms with van der Waals surface area (Å²) in [6.07, 6.45) is 1.20. The summed E-state index contributed by atoms with van der Waals surface area (Å²) in [4.78, 5) is 13.1. The maximum atomic E-state index is 11.7. The van der Waals surface area contributed by atoms with Gasteiger partial charge in [-0.2, -0.15) is 0 Å². The van der Waals surface area contributed by atoms with E-state index < -0.39 is 21.4 Å². The predicted octanol–water partition coefficient (Wildman–Crippen LogP) is 0.906. The molecule has 1 N–H and O–H groups in total. The Hall–Kier alpha value is -0.660. The van der Waals surface area contributed by atoms with Gasteiger partial charge in [-0.3, -0.25) is 9.69 Å². The number of carboxylic acid groups (broad SMARTS) is 1. The molecule has 2 unspecified atom stereocenters. The molecule has 0 saturated carbocycles. The topological polar surface area (TPSA) is 83.9 Å². The number of ether oxygens (including phenoxy) is 1. The van der Waals surface area contributed by atoms with Crippen molar-refractivity contribution in [3.05, 3.63) is 0 Å². The lowest BCUT2D eigenvalue weighted by Crippen LogP contribution is -2.53. The van der Waals surface area contributed by atoms with Crippen LogP contribution in [0.2, 0.25) is 0 Å². The third kappa shape index (κ3) is 3.76. The van der Waals surface area contributed by atoms with Crippen LogP contribution in [0.4, 0.5) is 0 Å². The van der Waals surface area contributed by atoms with Gasteiger partial charge in [-0.05, 0) is 40.5 Å². The highest BCUT2D eigenvalue weighted by atomic mass is 32.2. The lowest BCUT2D eigenvalue weighted by Gasteiger charge is -2.38. The number of rotatable bonds is 4. The Balaban J connectivity index is 2.26. The summed E-state index contributed by atoms with van der Waals surface area (Å²) in [6.45, 7) is 7.72. The predicted molar refractivity (Wildman–Crippen MR) is 79.0 cm³/mol. The van der Waals surface area contributed by atoms with Crippen LogP contribution in [0, 0.1) is 0 Å². The number of nitrogens with zero attached hydrogens (tertiary/aromatic N) is 1. The lowest BCUT2D eigenvalue weighted by molar-refractivity contribution is -0.141. The SMILES string of the molecule is CC1(C)CC(N(CC(=O)O)C2CCS(=O)(=O)C2)C(C)(C)O1. The zero-order chi connectivity index (χ0) is 16.1. The largest absolute Gasteiger partial charge is 0.480 e. The first-order valence-electron chi connectivity index (χ1n) is 7.30. The van der Waals surface area contributed by atoms with Gasteiger partial charge in [0.2, 0.25) is 0 Å². The zero-order valence-corrected chi connectivity index (χ0v) is 13.9. The molecule has 0 aromatic carbocycles. The molecule has 2 atom stereocenters. The van der Waals surface area contributed by atoms with Gasteiger partial charge in [0.15, 0.2) is 9.84 Å². The third-order valence-electron chi connectivity index (χ3n) is 4.42. The summed E-state index contributed by atoms with van der Waals surface area (Å²) >= 11 is 0. The molecule has 2 heterocycles. The third-order valence-corrected chi connectivity index (χ3v) is 6.17. The fourth-order valence-electron chi connectivity index (χ4n) is 3.74. The summed E-state index contributed by atoms with van der Waals surface area (Å²) in [5.41, 5.74) is -0.826. The fraction of sp³-hybridized carbons (Fsp3) is 0.929. The molecule has 0 aliphatic carbocycles. The Labute approximate surface area is 126 Å². The molecule has 2 fully saturated rings. The Morgan fingerprint density at radius 2 is 1.95 bits per heavy atom. The molecule has 0 radical (unpaired) electrons. The number of hydrogen-bond acceptors (Lipinski definition) is 5. The Bertz CT molecular complexity index is 525. The molecule has 21 heavy (non-hydrogen) atoms. The smallest absolute Gasteiger partial charge is 0.317 e. The van der Waals surface area contributed by atoms with E-state index in [1.807, 2.05) is 32.6 Å². The quantitative estimate of drug-likeness (QED) is 0.829. The van der Waals surface area contributed by atoms with Crippen LogP contribution in [0.3, 0.4) is 0 Å². The van der Waals surface area contributed by atoms with Crippen LogP contribution in [0.5, 0.6) is 0 Å². The average Bonchev–Trinajstić information content (AvgIpc) is 2.71. The second-order valence-electron chi connectivity index (χ2n) is 7.31. The van der Waals surface area contributed by atoms with Crippen molar-refractivity contribution in [3.63, 3.8) is 0 Å². The molecule has 2 aliphatic rings. The van der Waals surface area contributed by atoms with E-state index in [0.717, 1.165) is 0 Å². The Morgan fingerprint density at radius 1 is 1.33 bits per heavy atom. The molecule has 0 spiro atoms. The molecule has 0 aromatic rings. The number of hydrogen-bond donors (Lipinski definition) is 1. The number of aliphatic carboxylic acids is 1. The normalized spacial score (nSPS) is 33.4. The highest BCUT2D eigenvalue weighted by molar-refractivity contribution is 7.91. The minimum Gasteiger partial charge on any atom is -0.480 e. The Kier molecular flexibility index (Phi) is 4.14. The monoisotopic (exact) mass is 319 g/mol. The molecular weight excluding hydrogens is 294 g/mol. The minimum atomic E-state index is -3.05. The summed E-state index contributed by atoms with van der Waals surface area (Å²) in [7, 11) is -3.05. The number of sulfone groups is 1. The molecule has 0 aromatic heterocycles. The van der Waals surface area contributed by atoms with Gasteiger partial charge in [0.25, 0.3) is 0 Å². The van der Waals surface area contributed by atoms with Crippen LogP contribution >= 0.6 is 0 Å². The average molecular weight is 319 g/mol. The second-order valence-corrected chi connectivity index (χ2v) is 9.54. The molecule has 2 rings (SSSR count). The van der Waals surface area contributed by atoms with Crippen molar-refractivity contribution in [3.8, 4) is 0 Å². The van der Waals surface area contributed by atoms with Crippen LogP contribution in [0.1, 0.15) is 40.5 Å². The fourth-order valence-corrected chi connectivity index (χ4v) is 5.48. The van der Waals surface area contributed by atoms with Crippen LogP contribution in [-0.4, -0.2) is 65.7 Å². The van der Waals surface area contributed by atoms with Crippen molar-refractivity contribution in [1.29, 1.82) is 0 Å². The summed E-state index contributed by atoms with van der Waals surface area (Å²) in [6, 6.07) is -0.324. The second kappa shape index (κ2) is 5.21. The summed E-state index contributed by atoms with van der Waals surface area (Å²) < 4.78 is 29.5. The van der Waals surface area contributed by atoms with E-state index in [9.17, 15) is 18.3 Å². The van der Waals surface area contributed by atoms with Gasteiger partial charge in [-0.25, -0.2) is 8.42 Å². The van der Waals surface area contributed by atoms with E-state index in [1.165, 1.54) is 0 Å².